The van der Waals surface area contributed by atoms with Gasteiger partial charge in [-0.05, 0) is 55.0 Å². The van der Waals surface area contributed by atoms with Crippen LogP contribution in [0.2, 0.25) is 0 Å². The van der Waals surface area contributed by atoms with Gasteiger partial charge in [0.15, 0.2) is 0 Å². The van der Waals surface area contributed by atoms with E-state index in [9.17, 15) is 0 Å². The lowest BCUT2D eigenvalue weighted by atomic mass is 9.45. The summed E-state index contributed by atoms with van der Waals surface area (Å²) >= 11 is 0. The van der Waals surface area contributed by atoms with E-state index in [0.717, 1.165) is 11.4 Å². The molecule has 3 aromatic carbocycles. The molecule has 5 heterocycles. The van der Waals surface area contributed by atoms with Gasteiger partial charge in [0.05, 0.1) is 29.5 Å². The number of anilines is 3. The van der Waals surface area contributed by atoms with Crippen LogP contribution in [0.5, 0.6) is 0 Å². The molecule has 36 heavy (non-hydrogen) atoms. The van der Waals surface area contributed by atoms with E-state index in [1.807, 2.05) is 18.6 Å². The Kier molecular flexibility index (Phi) is 3.78. The van der Waals surface area contributed by atoms with Gasteiger partial charge in [-0.2, -0.15) is 0 Å². The SMILES string of the molecule is Cc1cc(C)c(N2c3cnccc3B3c4c(cncc42)-c2cccc4c5ccccc5n3c24)c(C)c1. The predicted octanol–water partition coefficient (Wildman–Crippen LogP) is 5.93. The molecule has 0 fully saturated rings. The summed E-state index contributed by atoms with van der Waals surface area (Å²) in [4.78, 5) is 11.8. The number of nitrogens with zero attached hydrogens (tertiary/aromatic N) is 4. The van der Waals surface area contributed by atoms with Crippen LogP contribution in [0, 0.1) is 20.8 Å². The summed E-state index contributed by atoms with van der Waals surface area (Å²) in [6.07, 6.45) is 8.05. The highest BCUT2D eigenvalue weighted by Crippen LogP contribution is 2.45. The van der Waals surface area contributed by atoms with Gasteiger partial charge in [-0.15, -0.1) is 0 Å². The first-order valence-electron chi connectivity index (χ1n) is 12.5. The molecular weight excluding hydrogens is 439 g/mol. The van der Waals surface area contributed by atoms with E-state index < -0.39 is 0 Å². The number of hydrogen-bond acceptors (Lipinski definition) is 3. The van der Waals surface area contributed by atoms with Gasteiger partial charge in [0.2, 0.25) is 0 Å². The second-order valence-corrected chi connectivity index (χ2v) is 10.1. The van der Waals surface area contributed by atoms with Crippen LogP contribution in [-0.4, -0.2) is 21.3 Å². The number of rotatable bonds is 1. The lowest BCUT2D eigenvalue weighted by Gasteiger charge is -2.40. The standard InChI is InChI=1S/C31H23BN4/c1-18-13-19(2)30(20(3)14-18)35-27-16-33-12-11-25(27)32-29-24(15-34-17-28(29)35)23-9-6-8-22-21-7-4-5-10-26(21)36(32)31(22)23/h4-17H,1-3H3. The highest BCUT2D eigenvalue weighted by molar-refractivity contribution is 6.90. The number of benzene rings is 3. The van der Waals surface area contributed by atoms with Gasteiger partial charge in [-0.3, -0.25) is 9.97 Å². The molecule has 6 aromatic rings. The first kappa shape index (κ1) is 19.9. The number of aryl methyl sites for hydroxylation is 3. The van der Waals surface area contributed by atoms with E-state index in [1.165, 1.54) is 66.2 Å². The van der Waals surface area contributed by atoms with Crippen molar-refractivity contribution in [3.8, 4) is 11.1 Å². The third-order valence-electron chi connectivity index (χ3n) is 7.99. The Labute approximate surface area is 210 Å². The van der Waals surface area contributed by atoms with E-state index in [2.05, 4.69) is 102 Å². The Balaban J connectivity index is 1.56. The minimum atomic E-state index is 0.0515. The lowest BCUT2D eigenvalue weighted by molar-refractivity contribution is 1.16. The molecule has 5 heteroatoms. The first-order chi connectivity index (χ1) is 17.6. The monoisotopic (exact) mass is 462 g/mol. The Morgan fingerprint density at radius 2 is 1.50 bits per heavy atom. The molecule has 2 aliphatic rings. The molecule has 3 aromatic heterocycles. The Hall–Kier alpha value is -4.38. The van der Waals surface area contributed by atoms with Gasteiger partial charge in [0, 0.05) is 45.3 Å². The van der Waals surface area contributed by atoms with Crippen molar-refractivity contribution in [3.05, 3.63) is 102 Å². The predicted molar refractivity (Wildman–Crippen MR) is 150 cm³/mol. The summed E-state index contributed by atoms with van der Waals surface area (Å²) in [5.74, 6) is 0. The van der Waals surface area contributed by atoms with Crippen molar-refractivity contribution < 1.29 is 0 Å². The molecule has 0 aliphatic carbocycles. The van der Waals surface area contributed by atoms with Crippen molar-refractivity contribution in [1.82, 2.24) is 14.4 Å². The molecule has 0 bridgehead atoms. The molecule has 0 spiro atoms. The van der Waals surface area contributed by atoms with E-state index in [4.69, 9.17) is 4.98 Å². The quantitative estimate of drug-likeness (QED) is 0.284. The number of para-hydroxylation sites is 2. The maximum Gasteiger partial charge on any atom is 0.333 e. The lowest BCUT2D eigenvalue weighted by Crippen LogP contribution is -2.56. The van der Waals surface area contributed by atoms with Crippen LogP contribution in [0.1, 0.15) is 16.7 Å². The van der Waals surface area contributed by atoms with E-state index >= 15 is 0 Å². The number of fused-ring (bicyclic) bond motifs is 7. The second-order valence-electron chi connectivity index (χ2n) is 10.1. The van der Waals surface area contributed by atoms with Crippen molar-refractivity contribution in [2.75, 3.05) is 4.90 Å². The van der Waals surface area contributed by atoms with Crippen molar-refractivity contribution in [1.29, 1.82) is 0 Å². The zero-order valence-electron chi connectivity index (χ0n) is 20.4. The van der Waals surface area contributed by atoms with Crippen LogP contribution >= 0.6 is 0 Å². The van der Waals surface area contributed by atoms with Gasteiger partial charge in [0.1, 0.15) is 0 Å². The Morgan fingerprint density at radius 1 is 0.722 bits per heavy atom. The van der Waals surface area contributed by atoms with Gasteiger partial charge in [-0.1, -0.05) is 54.1 Å². The average molecular weight is 462 g/mol. The maximum absolute atomic E-state index is 4.81. The fourth-order valence-electron chi connectivity index (χ4n) is 6.81. The first-order valence-corrected chi connectivity index (χ1v) is 12.5. The van der Waals surface area contributed by atoms with Gasteiger partial charge in [0.25, 0.3) is 0 Å². The second kappa shape index (κ2) is 6.85. The molecule has 0 radical (unpaired) electrons. The molecule has 8 rings (SSSR count). The molecule has 0 unspecified atom stereocenters. The summed E-state index contributed by atoms with van der Waals surface area (Å²) < 4.78 is 2.55. The number of pyridine rings is 2. The Bertz CT molecular complexity index is 1880. The zero-order chi connectivity index (χ0) is 24.1. The maximum atomic E-state index is 4.81. The average Bonchev–Trinajstić information content (AvgIpc) is 3.22. The van der Waals surface area contributed by atoms with Crippen LogP contribution < -0.4 is 15.8 Å². The topological polar surface area (TPSA) is 34.0 Å². The van der Waals surface area contributed by atoms with Gasteiger partial charge in [-0.25, -0.2) is 0 Å². The van der Waals surface area contributed by atoms with Gasteiger partial charge >= 0.3 is 6.85 Å². The van der Waals surface area contributed by atoms with Crippen LogP contribution in [0.15, 0.2) is 85.5 Å². The summed E-state index contributed by atoms with van der Waals surface area (Å²) in [7, 11) is 0. The van der Waals surface area contributed by atoms with Crippen molar-refractivity contribution >= 4 is 56.6 Å². The third-order valence-corrected chi connectivity index (χ3v) is 7.99. The summed E-state index contributed by atoms with van der Waals surface area (Å²) in [5.41, 5.74) is 14.8. The van der Waals surface area contributed by atoms with Crippen LogP contribution in [-0.2, 0) is 0 Å². The smallest absolute Gasteiger partial charge is 0.333 e. The van der Waals surface area contributed by atoms with Crippen LogP contribution in [0.3, 0.4) is 0 Å². The molecule has 0 atom stereocenters. The fourth-order valence-corrected chi connectivity index (χ4v) is 6.81. The zero-order valence-corrected chi connectivity index (χ0v) is 20.4. The number of aromatic nitrogens is 3. The van der Waals surface area contributed by atoms with Gasteiger partial charge < -0.3 is 9.38 Å². The van der Waals surface area contributed by atoms with Crippen LogP contribution in [0.4, 0.5) is 17.1 Å². The molecule has 0 saturated carbocycles. The minimum absolute atomic E-state index is 0.0515. The normalized spacial score (nSPS) is 13.3. The minimum Gasteiger partial charge on any atom is -0.375 e. The molecule has 4 nitrogen and oxygen atoms in total. The molecular formula is C31H23BN4. The molecule has 0 N–H and O–H groups in total. The van der Waals surface area contributed by atoms with E-state index in [-0.39, 0.29) is 6.85 Å². The molecule has 0 saturated heterocycles. The fraction of sp³-hybridized carbons (Fsp3) is 0.0968. The largest absolute Gasteiger partial charge is 0.375 e. The number of hydrogen-bond donors (Lipinski definition) is 0. The van der Waals surface area contributed by atoms with Crippen molar-refractivity contribution in [3.63, 3.8) is 0 Å². The highest BCUT2D eigenvalue weighted by Gasteiger charge is 2.43. The summed E-state index contributed by atoms with van der Waals surface area (Å²) in [6.45, 7) is 6.63. The molecule has 0 amide bonds. The van der Waals surface area contributed by atoms with Crippen molar-refractivity contribution in [2.45, 2.75) is 20.8 Å². The highest BCUT2D eigenvalue weighted by atomic mass is 15.2. The Morgan fingerprint density at radius 3 is 2.36 bits per heavy atom. The van der Waals surface area contributed by atoms with Crippen molar-refractivity contribution in [2.24, 2.45) is 0 Å². The molecule has 170 valence electrons. The summed E-state index contributed by atoms with van der Waals surface area (Å²) in [6, 6.07) is 22.2. The third kappa shape index (κ3) is 2.35. The summed E-state index contributed by atoms with van der Waals surface area (Å²) in [5, 5.41) is 2.59. The van der Waals surface area contributed by atoms with E-state index in [0.29, 0.717) is 0 Å². The molecule has 2 aliphatic heterocycles. The van der Waals surface area contributed by atoms with Crippen LogP contribution in [0.25, 0.3) is 32.9 Å². The van der Waals surface area contributed by atoms with E-state index in [1.54, 1.807) is 0 Å².